The molecule has 1 fully saturated rings. The van der Waals surface area contributed by atoms with E-state index in [1.165, 1.54) is 42.0 Å². The molecule has 0 unspecified atom stereocenters. The highest BCUT2D eigenvalue weighted by Crippen LogP contribution is 2.14. The Morgan fingerprint density at radius 1 is 0.475 bits per heavy atom. The molecule has 61 heavy (non-hydrogen) atoms. The smallest absolute Gasteiger partial charge is 0.326 e. The van der Waals surface area contributed by atoms with Gasteiger partial charge in [0.2, 0.25) is 0 Å². The molecule has 2 aromatic carbocycles. The molecule has 0 spiro atoms. The Bertz CT molecular complexity index is 1760. The lowest BCUT2D eigenvalue weighted by molar-refractivity contribution is -0.169. The lowest BCUT2D eigenvalue weighted by Gasteiger charge is -2.27. The van der Waals surface area contributed by atoms with E-state index in [1.54, 1.807) is 54.6 Å². The lowest BCUT2D eigenvalue weighted by atomic mass is 10.1. The summed E-state index contributed by atoms with van der Waals surface area (Å²) in [5, 5.41) is 0. The van der Waals surface area contributed by atoms with Gasteiger partial charge in [0.05, 0.1) is 0 Å². The Morgan fingerprint density at radius 3 is 1.08 bits per heavy atom. The summed E-state index contributed by atoms with van der Waals surface area (Å²) in [4.78, 5) is 109. The number of rotatable bonds is 4. The standard InChI is InChI=1S/C36H45N5O12.2C4H10/c1-22-33(46)38(3)20-31(44)52-27(16-24-10-8-7-9-11-24)35(48)40(5)18-29(42)50-23(2)34(47)39(4)21-32(45)53-28(17-25-12-14-26(37)15-13-25)36(49)41(6)19-30(43)51-22;2*1-4(2)3/h7-15,22-23,27-28H,16-21,37H2,1-6H3;2*4H,1-3H3/t22-,23-,27-,28-;;/m1../s1. The van der Waals surface area contributed by atoms with Crippen LogP contribution in [0, 0.1) is 11.8 Å². The molecule has 4 amide bonds. The number of benzene rings is 2. The number of nitrogens with two attached hydrogens (primary N) is 1. The van der Waals surface area contributed by atoms with E-state index in [2.05, 4.69) is 41.5 Å². The molecule has 0 aromatic heterocycles. The van der Waals surface area contributed by atoms with Gasteiger partial charge in [-0.15, -0.1) is 0 Å². The number of hydrogen-bond acceptors (Lipinski definition) is 13. The average Bonchev–Trinajstić information content (AvgIpc) is 3.16. The Kier molecular flexibility index (Phi) is 22.8. The molecule has 2 N–H and O–H groups in total. The number of anilines is 1. The monoisotopic (exact) mass is 855 g/mol. The first kappa shape index (κ1) is 53.0. The number of cyclic esters (lactones) is 4. The maximum atomic E-state index is 13.5. The number of likely N-dealkylation sites (N-methyl/N-ethyl adjacent to an activating group) is 4. The highest BCUT2D eigenvalue weighted by molar-refractivity contribution is 5.92. The lowest BCUT2D eigenvalue weighted by Crippen LogP contribution is -2.47. The maximum absolute atomic E-state index is 13.5. The fraction of sp³-hybridized carbons (Fsp3) is 0.545. The molecule has 17 nitrogen and oxygen atoms in total. The molecular formula is C44H65N5O12. The van der Waals surface area contributed by atoms with Gasteiger partial charge >= 0.3 is 23.9 Å². The van der Waals surface area contributed by atoms with Crippen molar-refractivity contribution in [3.8, 4) is 0 Å². The molecule has 1 saturated heterocycles. The van der Waals surface area contributed by atoms with Crippen molar-refractivity contribution < 1.29 is 57.3 Å². The maximum Gasteiger partial charge on any atom is 0.326 e. The van der Waals surface area contributed by atoms with E-state index in [4.69, 9.17) is 24.7 Å². The van der Waals surface area contributed by atoms with Gasteiger partial charge in [-0.1, -0.05) is 84.0 Å². The zero-order chi connectivity index (χ0) is 46.6. The zero-order valence-electron chi connectivity index (χ0n) is 37.7. The Labute approximate surface area is 359 Å². The van der Waals surface area contributed by atoms with Gasteiger partial charge in [-0.2, -0.15) is 0 Å². The first-order valence-corrected chi connectivity index (χ1v) is 20.1. The fourth-order valence-corrected chi connectivity index (χ4v) is 5.21. The summed E-state index contributed by atoms with van der Waals surface area (Å²) in [6.07, 6.45) is -5.86. The van der Waals surface area contributed by atoms with Crippen LogP contribution in [0.15, 0.2) is 54.6 Å². The number of hydrogen-bond donors (Lipinski definition) is 1. The summed E-state index contributed by atoms with van der Waals surface area (Å²) < 4.78 is 21.5. The third kappa shape index (κ3) is 20.7. The minimum atomic E-state index is -1.46. The van der Waals surface area contributed by atoms with E-state index < -0.39 is 98.1 Å². The molecule has 0 radical (unpaired) electrons. The molecule has 1 aliphatic rings. The first-order valence-electron chi connectivity index (χ1n) is 20.1. The number of ether oxygens (including phenoxy) is 4. The Balaban J connectivity index is 0.00000213. The predicted molar refractivity (Wildman–Crippen MR) is 227 cm³/mol. The second-order valence-corrected chi connectivity index (χ2v) is 16.1. The molecule has 338 valence electrons. The van der Waals surface area contributed by atoms with E-state index in [0.29, 0.717) is 16.8 Å². The minimum absolute atomic E-state index is 0.0701. The topological polar surface area (TPSA) is 212 Å². The number of carbonyl (C=O) groups excluding carboxylic acids is 8. The first-order chi connectivity index (χ1) is 28.4. The van der Waals surface area contributed by atoms with Gasteiger partial charge in [0.1, 0.15) is 26.2 Å². The van der Waals surface area contributed by atoms with Gasteiger partial charge in [0, 0.05) is 46.7 Å². The van der Waals surface area contributed by atoms with Crippen LogP contribution >= 0.6 is 0 Å². The average molecular weight is 856 g/mol. The fourth-order valence-electron chi connectivity index (χ4n) is 5.21. The normalized spacial score (nSPS) is 21.0. The number of nitrogens with zero attached hydrogens (tertiary/aromatic N) is 4. The summed E-state index contributed by atoms with van der Waals surface area (Å²) in [5.41, 5.74) is 7.42. The van der Waals surface area contributed by atoms with Crippen molar-refractivity contribution >= 4 is 53.2 Å². The molecule has 0 bridgehead atoms. The van der Waals surface area contributed by atoms with E-state index in [0.717, 1.165) is 31.4 Å². The van der Waals surface area contributed by atoms with Gasteiger partial charge in [-0.3, -0.25) is 38.4 Å². The van der Waals surface area contributed by atoms with Crippen molar-refractivity contribution in [2.24, 2.45) is 11.8 Å². The molecule has 2 aromatic rings. The van der Waals surface area contributed by atoms with Crippen LogP contribution in [0.5, 0.6) is 0 Å². The van der Waals surface area contributed by atoms with Crippen LogP contribution in [0.3, 0.4) is 0 Å². The van der Waals surface area contributed by atoms with Crippen LogP contribution in [0.4, 0.5) is 5.69 Å². The van der Waals surface area contributed by atoms with E-state index in [1.807, 2.05) is 0 Å². The largest absolute Gasteiger partial charge is 0.451 e. The van der Waals surface area contributed by atoms with Crippen molar-refractivity contribution in [1.82, 2.24) is 19.6 Å². The van der Waals surface area contributed by atoms with Crippen LogP contribution in [0.2, 0.25) is 0 Å². The van der Waals surface area contributed by atoms with Crippen molar-refractivity contribution in [2.45, 2.75) is 92.6 Å². The molecule has 1 aliphatic heterocycles. The number of amides is 4. The van der Waals surface area contributed by atoms with Crippen LogP contribution in [0.1, 0.15) is 66.5 Å². The second-order valence-electron chi connectivity index (χ2n) is 16.1. The van der Waals surface area contributed by atoms with Crippen LogP contribution < -0.4 is 5.73 Å². The highest BCUT2D eigenvalue weighted by atomic mass is 16.6. The van der Waals surface area contributed by atoms with E-state index in [-0.39, 0.29) is 12.8 Å². The van der Waals surface area contributed by atoms with E-state index >= 15 is 0 Å². The van der Waals surface area contributed by atoms with Gasteiger partial charge in [0.25, 0.3) is 23.6 Å². The van der Waals surface area contributed by atoms with Gasteiger partial charge < -0.3 is 44.3 Å². The van der Waals surface area contributed by atoms with Crippen LogP contribution in [0.25, 0.3) is 0 Å². The van der Waals surface area contributed by atoms with Crippen molar-refractivity contribution in [2.75, 3.05) is 60.1 Å². The molecule has 0 saturated carbocycles. The molecule has 17 heteroatoms. The quantitative estimate of drug-likeness (QED) is 0.267. The summed E-state index contributed by atoms with van der Waals surface area (Å²) in [6.45, 7) is 13.0. The summed E-state index contributed by atoms with van der Waals surface area (Å²) in [5.74, 6) is -5.36. The molecule has 0 aliphatic carbocycles. The molecular weight excluding hydrogens is 791 g/mol. The predicted octanol–water partition coefficient (Wildman–Crippen LogP) is 2.91. The van der Waals surface area contributed by atoms with Crippen molar-refractivity contribution in [3.05, 3.63) is 65.7 Å². The molecule has 4 atom stereocenters. The molecule has 3 rings (SSSR count). The highest BCUT2D eigenvalue weighted by Gasteiger charge is 2.33. The van der Waals surface area contributed by atoms with Gasteiger partial charge in [0.15, 0.2) is 24.4 Å². The second kappa shape index (κ2) is 26.3. The van der Waals surface area contributed by atoms with Crippen LogP contribution in [-0.4, -0.2) is 146 Å². The van der Waals surface area contributed by atoms with Crippen molar-refractivity contribution in [1.29, 1.82) is 0 Å². The number of esters is 4. The Hall–Kier alpha value is -6.00. The zero-order valence-corrected chi connectivity index (χ0v) is 37.7. The van der Waals surface area contributed by atoms with Gasteiger partial charge in [-0.25, -0.2) is 0 Å². The number of nitrogen functional groups attached to an aromatic ring is 1. The third-order valence-corrected chi connectivity index (χ3v) is 8.04. The van der Waals surface area contributed by atoms with Crippen LogP contribution in [-0.2, 0) is 70.1 Å². The third-order valence-electron chi connectivity index (χ3n) is 8.04. The Morgan fingerprint density at radius 2 is 0.754 bits per heavy atom. The van der Waals surface area contributed by atoms with Gasteiger partial charge in [-0.05, 0) is 48.9 Å². The summed E-state index contributed by atoms with van der Waals surface area (Å²) in [6, 6.07) is 15.0. The summed E-state index contributed by atoms with van der Waals surface area (Å²) in [7, 11) is 5.07. The number of carbonyl (C=O) groups is 8. The molecule has 1 heterocycles. The summed E-state index contributed by atoms with van der Waals surface area (Å²) >= 11 is 0. The van der Waals surface area contributed by atoms with E-state index in [9.17, 15) is 38.4 Å². The minimum Gasteiger partial charge on any atom is -0.451 e. The van der Waals surface area contributed by atoms with Crippen molar-refractivity contribution in [3.63, 3.8) is 0 Å². The SMILES string of the molecule is CC(C)C.CC(C)C.C[C@H]1OC(=O)CN(C)C(=O)[C@@H](Cc2ccccc2)OC(=O)CN(C)C(=O)[C@@H](C)OC(=O)CN(C)C(=O)[C@@H](Cc2ccc(N)cc2)OC(=O)CN(C)C1=O.